The van der Waals surface area contributed by atoms with Gasteiger partial charge >= 0.3 is 0 Å². The van der Waals surface area contributed by atoms with E-state index < -0.39 is 10.0 Å². The van der Waals surface area contributed by atoms with Crippen LogP contribution in [-0.4, -0.2) is 32.6 Å². The number of sulfonamides is 1. The molecule has 1 amide bonds. The zero-order valence-corrected chi connectivity index (χ0v) is 17.5. The Morgan fingerprint density at radius 1 is 1.22 bits per heavy atom. The minimum atomic E-state index is -3.76. The summed E-state index contributed by atoms with van der Waals surface area (Å²) in [7, 11) is -3.76. The van der Waals surface area contributed by atoms with Crippen LogP contribution >= 0.6 is 0 Å². The maximum atomic E-state index is 12.5. The number of carbonyl (C=O) groups excluding carboxylic acids is 1. The number of aromatic nitrogens is 1. The monoisotopic (exact) mass is 393 g/mol. The van der Waals surface area contributed by atoms with Gasteiger partial charge in [0.1, 0.15) is 10.6 Å². The lowest BCUT2D eigenvalue weighted by Gasteiger charge is -2.29. The van der Waals surface area contributed by atoms with Crippen LogP contribution in [0.1, 0.15) is 44.7 Å². The van der Waals surface area contributed by atoms with E-state index in [0.29, 0.717) is 5.69 Å². The Morgan fingerprint density at radius 2 is 1.85 bits per heavy atom. The molecule has 0 saturated carbocycles. The summed E-state index contributed by atoms with van der Waals surface area (Å²) in [6.45, 7) is 11.1. The first kappa shape index (κ1) is 21.1. The molecule has 1 aromatic carbocycles. The van der Waals surface area contributed by atoms with Crippen LogP contribution < -0.4 is 9.62 Å². The molecule has 1 aromatic heterocycles. The van der Waals surface area contributed by atoms with Gasteiger partial charge < -0.3 is 9.42 Å². The smallest absolute Gasteiger partial charge is 0.246 e. The summed E-state index contributed by atoms with van der Waals surface area (Å²) in [6, 6.07) is 7.67. The van der Waals surface area contributed by atoms with Gasteiger partial charge in [-0.1, -0.05) is 44.1 Å². The highest BCUT2D eigenvalue weighted by Gasteiger charge is 2.26. The summed E-state index contributed by atoms with van der Waals surface area (Å²) >= 11 is 0. The highest BCUT2D eigenvalue weighted by Crippen LogP contribution is 2.31. The summed E-state index contributed by atoms with van der Waals surface area (Å²) in [5.41, 5.74) is 1.96. The van der Waals surface area contributed by atoms with Gasteiger partial charge in [0, 0.05) is 25.7 Å². The minimum absolute atomic E-state index is 0.0481. The molecule has 1 heterocycles. The standard InChI is InChI=1S/C19H27N3O4S/c1-13-18(14(2)26-21-13)27(24,25)20-11-12-22(15(3)23)17-10-8-7-9-16(17)19(4,5)6/h7-10,20H,11-12H2,1-6H3. The molecule has 0 aliphatic heterocycles. The van der Waals surface area contributed by atoms with Crippen LogP contribution in [0, 0.1) is 13.8 Å². The third-order valence-electron chi connectivity index (χ3n) is 4.25. The van der Waals surface area contributed by atoms with Crippen LogP contribution in [0.3, 0.4) is 0 Å². The van der Waals surface area contributed by atoms with Gasteiger partial charge in [-0.05, 0) is 30.9 Å². The molecule has 2 aromatic rings. The Hall–Kier alpha value is -2.19. The summed E-state index contributed by atoms with van der Waals surface area (Å²) in [6.07, 6.45) is 0. The molecule has 0 saturated heterocycles. The fourth-order valence-corrected chi connectivity index (χ4v) is 4.36. The van der Waals surface area contributed by atoms with Crippen molar-refractivity contribution in [3.63, 3.8) is 0 Å². The van der Waals surface area contributed by atoms with Gasteiger partial charge in [0.25, 0.3) is 0 Å². The molecule has 27 heavy (non-hydrogen) atoms. The van der Waals surface area contributed by atoms with Crippen LogP contribution in [0.2, 0.25) is 0 Å². The molecule has 0 aliphatic rings. The molecule has 0 spiro atoms. The van der Waals surface area contributed by atoms with Gasteiger partial charge in [0.05, 0.1) is 0 Å². The van der Waals surface area contributed by atoms with Gasteiger partial charge in [-0.2, -0.15) is 0 Å². The van der Waals surface area contributed by atoms with E-state index in [2.05, 4.69) is 30.6 Å². The molecule has 0 fully saturated rings. The van der Waals surface area contributed by atoms with E-state index >= 15 is 0 Å². The molecule has 8 heteroatoms. The lowest BCUT2D eigenvalue weighted by Crippen LogP contribution is -2.38. The second kappa shape index (κ2) is 7.82. The molecular weight excluding hydrogens is 366 g/mol. The summed E-state index contributed by atoms with van der Waals surface area (Å²) in [5.74, 6) is 0.0877. The number of para-hydroxylation sites is 1. The number of aryl methyl sites for hydroxylation is 2. The maximum absolute atomic E-state index is 12.5. The maximum Gasteiger partial charge on any atom is 0.246 e. The van der Waals surface area contributed by atoms with Crippen molar-refractivity contribution >= 4 is 21.6 Å². The lowest BCUT2D eigenvalue weighted by molar-refractivity contribution is -0.116. The van der Waals surface area contributed by atoms with E-state index in [4.69, 9.17) is 4.52 Å². The van der Waals surface area contributed by atoms with Gasteiger partial charge in [0.15, 0.2) is 5.76 Å². The molecule has 0 aliphatic carbocycles. The fourth-order valence-electron chi connectivity index (χ4n) is 3.01. The number of amides is 1. The largest absolute Gasteiger partial charge is 0.360 e. The SMILES string of the molecule is CC(=O)N(CCNS(=O)(=O)c1c(C)noc1C)c1ccccc1C(C)(C)C. The average Bonchev–Trinajstić information content (AvgIpc) is 2.90. The molecule has 0 bridgehead atoms. The van der Waals surface area contributed by atoms with Crippen molar-refractivity contribution in [1.29, 1.82) is 0 Å². The van der Waals surface area contributed by atoms with Crippen molar-refractivity contribution in [2.75, 3.05) is 18.0 Å². The fraction of sp³-hybridized carbons (Fsp3) is 0.474. The summed E-state index contributed by atoms with van der Waals surface area (Å²) in [5, 5.41) is 3.68. The van der Waals surface area contributed by atoms with Crippen molar-refractivity contribution in [1.82, 2.24) is 9.88 Å². The number of hydrogen-bond acceptors (Lipinski definition) is 5. The Bertz CT molecular complexity index is 907. The molecule has 7 nitrogen and oxygen atoms in total. The van der Waals surface area contributed by atoms with Crippen molar-refractivity contribution in [2.24, 2.45) is 0 Å². The number of anilines is 1. The molecule has 0 atom stereocenters. The Balaban J connectivity index is 2.21. The number of carbonyl (C=O) groups is 1. The third kappa shape index (κ3) is 4.75. The van der Waals surface area contributed by atoms with E-state index in [-0.39, 0.29) is 35.1 Å². The van der Waals surface area contributed by atoms with Crippen LogP contribution in [0.4, 0.5) is 5.69 Å². The lowest BCUT2D eigenvalue weighted by atomic mass is 9.85. The van der Waals surface area contributed by atoms with Gasteiger partial charge in [-0.15, -0.1) is 0 Å². The third-order valence-corrected chi connectivity index (χ3v) is 5.95. The van der Waals surface area contributed by atoms with Crippen LogP contribution in [0.15, 0.2) is 33.7 Å². The number of nitrogens with zero attached hydrogens (tertiary/aromatic N) is 2. The van der Waals surface area contributed by atoms with Crippen LogP contribution in [0.5, 0.6) is 0 Å². The quantitative estimate of drug-likeness (QED) is 0.815. The van der Waals surface area contributed by atoms with E-state index in [0.717, 1.165) is 11.3 Å². The molecule has 0 radical (unpaired) electrons. The second-order valence-electron chi connectivity index (χ2n) is 7.49. The topological polar surface area (TPSA) is 92.5 Å². The zero-order chi connectivity index (χ0) is 20.4. The minimum Gasteiger partial charge on any atom is -0.360 e. The first-order chi connectivity index (χ1) is 12.4. The van der Waals surface area contributed by atoms with Crippen molar-refractivity contribution in [3.05, 3.63) is 41.3 Å². The Labute approximate surface area is 160 Å². The highest BCUT2D eigenvalue weighted by atomic mass is 32.2. The normalized spacial score (nSPS) is 12.2. The number of nitrogens with one attached hydrogen (secondary N) is 1. The van der Waals surface area contributed by atoms with Crippen molar-refractivity contribution in [2.45, 2.75) is 51.9 Å². The van der Waals surface area contributed by atoms with Crippen molar-refractivity contribution in [3.8, 4) is 0 Å². The number of hydrogen-bond donors (Lipinski definition) is 1. The van der Waals surface area contributed by atoms with Crippen LogP contribution in [-0.2, 0) is 20.2 Å². The van der Waals surface area contributed by atoms with Gasteiger partial charge in [0.2, 0.25) is 15.9 Å². The zero-order valence-electron chi connectivity index (χ0n) is 16.7. The van der Waals surface area contributed by atoms with E-state index in [1.165, 1.54) is 6.92 Å². The summed E-state index contributed by atoms with van der Waals surface area (Å²) in [4.78, 5) is 13.9. The Kier molecular flexibility index (Phi) is 6.11. The van der Waals surface area contributed by atoms with Crippen LogP contribution in [0.25, 0.3) is 0 Å². The predicted octanol–water partition coefficient (Wildman–Crippen LogP) is 2.92. The number of rotatable bonds is 6. The molecule has 1 N–H and O–H groups in total. The molecular formula is C19H27N3O4S. The molecule has 0 unspecified atom stereocenters. The van der Waals surface area contributed by atoms with Gasteiger partial charge in [-0.3, -0.25) is 4.79 Å². The van der Waals surface area contributed by atoms with E-state index in [9.17, 15) is 13.2 Å². The first-order valence-electron chi connectivity index (χ1n) is 8.75. The predicted molar refractivity (Wildman–Crippen MR) is 104 cm³/mol. The second-order valence-corrected chi connectivity index (χ2v) is 9.19. The van der Waals surface area contributed by atoms with Crippen molar-refractivity contribution < 1.29 is 17.7 Å². The molecule has 2 rings (SSSR count). The first-order valence-corrected chi connectivity index (χ1v) is 10.2. The average molecular weight is 394 g/mol. The molecule has 148 valence electrons. The highest BCUT2D eigenvalue weighted by molar-refractivity contribution is 7.89. The number of benzene rings is 1. The van der Waals surface area contributed by atoms with Gasteiger partial charge in [-0.25, -0.2) is 13.1 Å². The van der Waals surface area contributed by atoms with E-state index in [1.54, 1.807) is 18.7 Å². The summed E-state index contributed by atoms with van der Waals surface area (Å²) < 4.78 is 32.5. The Morgan fingerprint density at radius 3 is 2.37 bits per heavy atom. The van der Waals surface area contributed by atoms with E-state index in [1.807, 2.05) is 24.3 Å².